The van der Waals surface area contributed by atoms with Crippen molar-refractivity contribution in [1.29, 1.82) is 0 Å². The van der Waals surface area contributed by atoms with E-state index in [2.05, 4.69) is 36.9 Å². The number of carbonyl (C=O) groups excluding carboxylic acids is 5. The highest BCUT2D eigenvalue weighted by Gasteiger charge is 2.53. The molecule has 2 aromatic carbocycles. The third-order valence-corrected chi connectivity index (χ3v) is 14.3. The molecule has 1 spiro atoms. The van der Waals surface area contributed by atoms with Gasteiger partial charge in [-0.15, -0.1) is 5.10 Å². The summed E-state index contributed by atoms with van der Waals surface area (Å²) in [5, 5.41) is 23.6. The van der Waals surface area contributed by atoms with E-state index in [1.165, 1.54) is 4.90 Å². The average Bonchev–Trinajstić information content (AvgIpc) is 4.19. The zero-order valence-electron chi connectivity index (χ0n) is 42.0. The molecule has 0 saturated carbocycles. The Hall–Kier alpha value is -5.44. The number of amides is 8. The van der Waals surface area contributed by atoms with Gasteiger partial charge in [0.15, 0.2) is 0 Å². The fourth-order valence-electron chi connectivity index (χ4n) is 8.75. The van der Waals surface area contributed by atoms with Crippen LogP contribution in [0.25, 0.3) is 11.3 Å². The molecule has 0 unspecified atom stereocenters. The van der Waals surface area contributed by atoms with Crippen molar-refractivity contribution in [3.05, 3.63) is 60.8 Å². The van der Waals surface area contributed by atoms with Crippen LogP contribution in [0.2, 0.25) is 0 Å². The molecule has 0 radical (unpaired) electrons. The number of nitrogens with zero attached hydrogens (tertiary/aromatic N) is 5. The predicted molar refractivity (Wildman–Crippen MR) is 274 cm³/mol. The number of rotatable bonds is 35. The van der Waals surface area contributed by atoms with Gasteiger partial charge in [0.25, 0.3) is 5.91 Å². The van der Waals surface area contributed by atoms with Crippen molar-refractivity contribution in [1.82, 2.24) is 41.2 Å². The Bertz CT molecular complexity index is 2190. The third-order valence-electron chi connectivity index (χ3n) is 12.8. The number of unbranched alkanes of at least 4 members (excludes halogenated alkanes) is 1. The number of likely N-dealkylation sites (tertiary alicyclic amines) is 1. The first kappa shape index (κ1) is 56.3. The summed E-state index contributed by atoms with van der Waals surface area (Å²) < 4.78 is 46.2. The Morgan fingerprint density at radius 1 is 0.703 bits per heavy atom. The number of nitrogens with one attached hydrogen (secondary N) is 5. The predicted octanol–water partition coefficient (Wildman–Crippen LogP) is 3.04. The van der Waals surface area contributed by atoms with E-state index in [0.29, 0.717) is 173 Å². The minimum absolute atomic E-state index is 0.0336. The number of para-hydroxylation sites is 1. The maximum Gasteiger partial charge on any atom is 0.329 e. The molecule has 0 bridgehead atoms. The molecule has 4 fully saturated rings. The summed E-state index contributed by atoms with van der Waals surface area (Å²) in [6.07, 6.45) is 5.78. The summed E-state index contributed by atoms with van der Waals surface area (Å²) in [6, 6.07) is 15.8. The van der Waals surface area contributed by atoms with E-state index in [-0.39, 0.29) is 36.0 Å². The van der Waals surface area contributed by atoms with Gasteiger partial charge in [-0.3, -0.25) is 9.59 Å². The molecule has 23 nitrogen and oxygen atoms in total. The fourth-order valence-corrected chi connectivity index (χ4v) is 10.3. The minimum Gasteiger partial charge on any atom is -0.377 e. The molecule has 4 aliphatic rings. The molecule has 74 heavy (non-hydrogen) atoms. The van der Waals surface area contributed by atoms with Crippen LogP contribution in [0.4, 0.5) is 25.8 Å². The zero-order chi connectivity index (χ0) is 51.6. The Morgan fingerprint density at radius 3 is 1.89 bits per heavy atom. The second-order valence-electron chi connectivity index (χ2n) is 18.0. The largest absolute Gasteiger partial charge is 0.377 e. The van der Waals surface area contributed by atoms with Gasteiger partial charge in [-0.1, -0.05) is 42.0 Å². The van der Waals surface area contributed by atoms with E-state index in [1.54, 1.807) is 46.0 Å². The normalized spacial score (nSPS) is 18.9. The molecular formula is C50H72N10O13S. The van der Waals surface area contributed by atoms with Crippen molar-refractivity contribution >= 4 is 53.0 Å². The van der Waals surface area contributed by atoms with Gasteiger partial charge >= 0.3 is 18.1 Å². The molecular weight excluding hydrogens is 981 g/mol. The van der Waals surface area contributed by atoms with Gasteiger partial charge in [-0.2, -0.15) is 11.8 Å². The number of benzene rings is 2. The molecule has 24 heteroatoms. The number of ether oxygens (including phenoxy) is 8. The molecule has 5 N–H and O–H groups in total. The molecule has 7 rings (SSSR count). The summed E-state index contributed by atoms with van der Waals surface area (Å²) in [5.74, 6) is 0.697. The van der Waals surface area contributed by atoms with Gasteiger partial charge in [0.1, 0.15) is 11.2 Å². The third kappa shape index (κ3) is 17.9. The van der Waals surface area contributed by atoms with E-state index in [9.17, 15) is 24.0 Å². The zero-order valence-corrected chi connectivity index (χ0v) is 42.9. The molecule has 406 valence electrons. The van der Waals surface area contributed by atoms with Gasteiger partial charge < -0.3 is 69.4 Å². The van der Waals surface area contributed by atoms with Crippen molar-refractivity contribution in [2.24, 2.45) is 0 Å². The quantitative estimate of drug-likeness (QED) is 0.0322. The summed E-state index contributed by atoms with van der Waals surface area (Å²) in [7, 11) is 0. The number of carbonyl (C=O) groups is 5. The van der Waals surface area contributed by atoms with E-state index >= 15 is 0 Å². The lowest BCUT2D eigenvalue weighted by Gasteiger charge is -2.37. The van der Waals surface area contributed by atoms with Crippen LogP contribution in [0.1, 0.15) is 38.5 Å². The molecule has 8 amide bonds. The Morgan fingerprint density at radius 2 is 1.28 bits per heavy atom. The van der Waals surface area contributed by atoms with E-state index in [1.807, 2.05) is 36.2 Å². The van der Waals surface area contributed by atoms with Gasteiger partial charge in [-0.25, -0.2) is 24.0 Å². The van der Waals surface area contributed by atoms with Crippen LogP contribution in [0.15, 0.2) is 60.8 Å². The second-order valence-corrected chi connectivity index (χ2v) is 19.2. The van der Waals surface area contributed by atoms with Crippen LogP contribution in [-0.4, -0.2) is 204 Å². The first-order chi connectivity index (χ1) is 36.3. The maximum atomic E-state index is 13.3. The van der Waals surface area contributed by atoms with E-state index < -0.39 is 11.6 Å². The molecule has 4 saturated heterocycles. The maximum absolute atomic E-state index is 13.3. The Labute approximate surface area is 436 Å². The topological polar surface area (TPSA) is 257 Å². The van der Waals surface area contributed by atoms with E-state index in [4.69, 9.17) is 37.9 Å². The number of thioether (sulfide) groups is 1. The van der Waals surface area contributed by atoms with Crippen LogP contribution >= 0.6 is 11.8 Å². The van der Waals surface area contributed by atoms with Crippen LogP contribution in [0.5, 0.6) is 0 Å². The van der Waals surface area contributed by atoms with Crippen molar-refractivity contribution in [3.8, 4) is 11.3 Å². The van der Waals surface area contributed by atoms with Gasteiger partial charge in [0, 0.05) is 48.3 Å². The molecule has 3 aromatic rings. The highest BCUT2D eigenvalue weighted by atomic mass is 32.2. The van der Waals surface area contributed by atoms with Crippen LogP contribution in [-0.2, 0) is 54.0 Å². The second kappa shape index (κ2) is 30.8. The fraction of sp³-hybridized carbons (Fsp3) is 0.620. The number of piperidine rings is 1. The van der Waals surface area contributed by atoms with Gasteiger partial charge in [0.05, 0.1) is 136 Å². The first-order valence-corrected chi connectivity index (χ1v) is 26.7. The van der Waals surface area contributed by atoms with Crippen LogP contribution in [0.3, 0.4) is 0 Å². The van der Waals surface area contributed by atoms with Gasteiger partial charge in [0.2, 0.25) is 5.91 Å². The SMILES string of the molecule is O=C(CCCC[C@@H]1SC[C@@H]2NC(=O)N[C@@H]21)NCCOCCOCCOCCOCCOCCOCCOCCOCCn1cc(-c2ccc(NC(=O)N3CCC4(CC3)NC(=O)N(c3ccccc3)C4=O)cc2)nn1. The monoisotopic (exact) mass is 1050 g/mol. The summed E-state index contributed by atoms with van der Waals surface area (Å²) in [6.45, 7) is 8.87. The number of hydrogen-bond donors (Lipinski definition) is 5. The molecule has 3 atom stereocenters. The highest BCUT2D eigenvalue weighted by Crippen LogP contribution is 2.34. The molecule has 4 aliphatic heterocycles. The highest BCUT2D eigenvalue weighted by molar-refractivity contribution is 8.00. The molecule has 5 heterocycles. The molecule has 1 aromatic heterocycles. The lowest BCUT2D eigenvalue weighted by Crippen LogP contribution is -2.56. The number of hydrogen-bond acceptors (Lipinski definition) is 16. The van der Waals surface area contributed by atoms with Gasteiger partial charge in [-0.05, 0) is 49.9 Å². The standard InChI is InChI=1S/C50H72N10O13S/c61-44(9-5-4-8-43-45-42(37-74-43)53-47(63)54-45)51-16-20-66-22-24-68-26-28-70-30-32-72-34-35-73-33-31-71-29-27-69-25-23-67-21-19-59-36-41(56-57-59)38-10-12-39(13-11-38)52-48(64)58-17-14-50(15-18-58)46(62)60(49(65)55-50)40-6-2-1-3-7-40/h1-3,6-7,10-13,36,42-43,45H,4-5,8-9,14-35,37H2,(H,51,61)(H,52,64)(H,55,65)(H2,53,54,63)/t42-,43-,45-/m0/s1. The lowest BCUT2D eigenvalue weighted by atomic mass is 9.87. The van der Waals surface area contributed by atoms with Crippen molar-refractivity contribution in [2.45, 2.75) is 67.9 Å². The van der Waals surface area contributed by atoms with Crippen LogP contribution < -0.4 is 31.5 Å². The average molecular weight is 1050 g/mol. The van der Waals surface area contributed by atoms with Crippen molar-refractivity contribution < 1.29 is 61.9 Å². The smallest absolute Gasteiger partial charge is 0.329 e. The van der Waals surface area contributed by atoms with Crippen molar-refractivity contribution in [2.75, 3.05) is 141 Å². The minimum atomic E-state index is -1.02. The van der Waals surface area contributed by atoms with Crippen molar-refractivity contribution in [3.63, 3.8) is 0 Å². The Balaban J connectivity index is 0.581. The number of aromatic nitrogens is 3. The van der Waals surface area contributed by atoms with Crippen LogP contribution in [0, 0.1) is 0 Å². The van der Waals surface area contributed by atoms with E-state index in [0.717, 1.165) is 30.6 Å². The number of anilines is 2. The number of urea groups is 3. The molecule has 0 aliphatic carbocycles. The summed E-state index contributed by atoms with van der Waals surface area (Å²) in [4.78, 5) is 65.6. The summed E-state index contributed by atoms with van der Waals surface area (Å²) in [5.41, 5.74) is 1.66. The summed E-state index contributed by atoms with van der Waals surface area (Å²) >= 11 is 1.90. The number of imide groups is 1. The Kier molecular flexibility index (Phi) is 23.4. The first-order valence-electron chi connectivity index (χ1n) is 25.6. The number of fused-ring (bicyclic) bond motifs is 1. The lowest BCUT2D eigenvalue weighted by molar-refractivity contribution is -0.123.